The number of carboxylic acid groups (broad SMARTS) is 1. The van der Waals surface area contributed by atoms with Gasteiger partial charge in [-0.1, -0.05) is 13.8 Å². The monoisotopic (exact) mass is 311 g/mol. The van der Waals surface area contributed by atoms with Crippen LogP contribution in [0.4, 0.5) is 0 Å². The number of nitrogens with zero attached hydrogens (tertiary/aromatic N) is 1. The first-order chi connectivity index (χ1) is 10.3. The van der Waals surface area contributed by atoms with Gasteiger partial charge in [-0.15, -0.1) is 0 Å². The zero-order chi connectivity index (χ0) is 17.1. The lowest BCUT2D eigenvalue weighted by Gasteiger charge is -2.22. The van der Waals surface area contributed by atoms with E-state index in [0.29, 0.717) is 25.7 Å². The van der Waals surface area contributed by atoms with Crippen LogP contribution in [-0.4, -0.2) is 35.0 Å². The standard InChI is InChI=1S/C15H25N3O4/c1-10(2)9-13(17-11(3)19)14(20)18-12(15(21)22)7-5-4-6-8-16/h10,12-13H,4-7,9H2,1-3H3,(H,17,19)(H,18,20)(H,21,22)/t12-,13-/m0/s1. The average Bonchev–Trinajstić information content (AvgIpc) is 2.39. The molecule has 0 aromatic heterocycles. The van der Waals surface area contributed by atoms with Crippen molar-refractivity contribution in [2.24, 2.45) is 5.92 Å². The second kappa shape index (κ2) is 10.6. The van der Waals surface area contributed by atoms with Crippen LogP contribution in [0, 0.1) is 17.2 Å². The Kier molecular flexibility index (Phi) is 9.59. The number of carbonyl (C=O) groups is 3. The van der Waals surface area contributed by atoms with Crippen LogP contribution in [0.15, 0.2) is 0 Å². The van der Waals surface area contributed by atoms with Crippen molar-refractivity contribution in [2.45, 2.75) is 65.0 Å². The molecule has 3 N–H and O–H groups in total. The first-order valence-electron chi connectivity index (χ1n) is 7.45. The number of nitriles is 1. The fraction of sp³-hybridized carbons (Fsp3) is 0.733. The van der Waals surface area contributed by atoms with Crippen molar-refractivity contribution in [2.75, 3.05) is 0 Å². The topological polar surface area (TPSA) is 119 Å². The number of amides is 2. The summed E-state index contributed by atoms with van der Waals surface area (Å²) in [5.41, 5.74) is 0. The molecule has 0 aliphatic rings. The molecule has 0 heterocycles. The molecule has 0 rings (SSSR count). The minimum absolute atomic E-state index is 0.182. The Labute approximate surface area is 131 Å². The molecule has 124 valence electrons. The number of aliphatic carboxylic acids is 1. The highest BCUT2D eigenvalue weighted by molar-refractivity contribution is 5.89. The summed E-state index contributed by atoms with van der Waals surface area (Å²) in [6.45, 7) is 5.15. The minimum Gasteiger partial charge on any atom is -0.480 e. The smallest absolute Gasteiger partial charge is 0.326 e. The highest BCUT2D eigenvalue weighted by Gasteiger charge is 2.26. The van der Waals surface area contributed by atoms with E-state index >= 15 is 0 Å². The molecule has 0 bridgehead atoms. The summed E-state index contributed by atoms with van der Waals surface area (Å²) in [6.07, 6.45) is 2.20. The van der Waals surface area contributed by atoms with Gasteiger partial charge in [0.2, 0.25) is 11.8 Å². The first-order valence-corrected chi connectivity index (χ1v) is 7.45. The van der Waals surface area contributed by atoms with Gasteiger partial charge in [-0.05, 0) is 31.6 Å². The molecular weight excluding hydrogens is 286 g/mol. The molecule has 2 atom stereocenters. The lowest BCUT2D eigenvalue weighted by atomic mass is 10.0. The number of hydrogen-bond acceptors (Lipinski definition) is 4. The van der Waals surface area contributed by atoms with Crippen LogP contribution in [0.1, 0.15) is 52.9 Å². The fourth-order valence-corrected chi connectivity index (χ4v) is 2.03. The summed E-state index contributed by atoms with van der Waals surface area (Å²) < 4.78 is 0. The van der Waals surface area contributed by atoms with E-state index in [1.54, 1.807) is 0 Å². The molecular formula is C15H25N3O4. The van der Waals surface area contributed by atoms with Gasteiger partial charge in [-0.3, -0.25) is 9.59 Å². The Morgan fingerprint density at radius 3 is 2.23 bits per heavy atom. The van der Waals surface area contributed by atoms with E-state index in [0.717, 1.165) is 0 Å². The van der Waals surface area contributed by atoms with Crippen molar-refractivity contribution >= 4 is 17.8 Å². The summed E-state index contributed by atoms with van der Waals surface area (Å²) in [6, 6.07) is 0.248. The Balaban J connectivity index is 4.64. The van der Waals surface area contributed by atoms with Crippen molar-refractivity contribution in [3.63, 3.8) is 0 Å². The number of rotatable bonds is 10. The fourth-order valence-electron chi connectivity index (χ4n) is 2.03. The second-order valence-electron chi connectivity index (χ2n) is 5.69. The third-order valence-corrected chi connectivity index (χ3v) is 3.05. The van der Waals surface area contributed by atoms with Gasteiger partial charge < -0.3 is 15.7 Å². The van der Waals surface area contributed by atoms with Crippen LogP contribution >= 0.6 is 0 Å². The second-order valence-corrected chi connectivity index (χ2v) is 5.69. The molecule has 0 aromatic carbocycles. The molecule has 2 amide bonds. The van der Waals surface area contributed by atoms with Crippen LogP contribution in [0.2, 0.25) is 0 Å². The van der Waals surface area contributed by atoms with Gasteiger partial charge in [0, 0.05) is 13.3 Å². The van der Waals surface area contributed by atoms with E-state index in [1.807, 2.05) is 19.9 Å². The normalized spacial score (nSPS) is 13.0. The Hall–Kier alpha value is -2.10. The zero-order valence-corrected chi connectivity index (χ0v) is 13.4. The number of nitrogens with one attached hydrogen (secondary N) is 2. The minimum atomic E-state index is -1.11. The maximum absolute atomic E-state index is 12.2. The number of unbranched alkanes of at least 4 members (excludes halogenated alkanes) is 2. The molecule has 0 aromatic rings. The summed E-state index contributed by atoms with van der Waals surface area (Å²) in [4.78, 5) is 34.5. The average molecular weight is 311 g/mol. The SMILES string of the molecule is CC(=O)N[C@@H](CC(C)C)C(=O)N[C@@H](CCCCC#N)C(=O)O. The Bertz CT molecular complexity index is 429. The van der Waals surface area contributed by atoms with Gasteiger partial charge >= 0.3 is 5.97 Å². The van der Waals surface area contributed by atoms with E-state index in [9.17, 15) is 14.4 Å². The van der Waals surface area contributed by atoms with E-state index in [-0.39, 0.29) is 18.2 Å². The summed E-state index contributed by atoms with van der Waals surface area (Å²) in [7, 11) is 0. The molecule has 0 saturated carbocycles. The van der Waals surface area contributed by atoms with Crippen LogP contribution in [0.25, 0.3) is 0 Å². The third kappa shape index (κ3) is 8.95. The van der Waals surface area contributed by atoms with Crippen molar-refractivity contribution in [3.05, 3.63) is 0 Å². The molecule has 22 heavy (non-hydrogen) atoms. The van der Waals surface area contributed by atoms with Crippen molar-refractivity contribution in [3.8, 4) is 6.07 Å². The highest BCUT2D eigenvalue weighted by Crippen LogP contribution is 2.08. The molecule has 7 nitrogen and oxygen atoms in total. The van der Waals surface area contributed by atoms with Gasteiger partial charge in [-0.25, -0.2) is 4.79 Å². The number of carbonyl (C=O) groups excluding carboxylic acids is 2. The van der Waals surface area contributed by atoms with Gasteiger partial charge in [-0.2, -0.15) is 5.26 Å². The number of carboxylic acids is 1. The third-order valence-electron chi connectivity index (χ3n) is 3.05. The molecule has 0 saturated heterocycles. The van der Waals surface area contributed by atoms with Gasteiger partial charge in [0.25, 0.3) is 0 Å². The summed E-state index contributed by atoms with van der Waals surface area (Å²) in [5, 5.41) is 22.6. The first kappa shape index (κ1) is 19.9. The lowest BCUT2D eigenvalue weighted by Crippen LogP contribution is -2.51. The molecule has 0 unspecified atom stereocenters. The predicted molar refractivity (Wildman–Crippen MR) is 80.7 cm³/mol. The maximum Gasteiger partial charge on any atom is 0.326 e. The van der Waals surface area contributed by atoms with E-state index < -0.39 is 24.0 Å². The van der Waals surface area contributed by atoms with Crippen LogP contribution < -0.4 is 10.6 Å². The summed E-state index contributed by atoms with van der Waals surface area (Å²) in [5.74, 6) is -1.75. The summed E-state index contributed by atoms with van der Waals surface area (Å²) >= 11 is 0. The van der Waals surface area contributed by atoms with Gasteiger partial charge in [0.1, 0.15) is 12.1 Å². The van der Waals surface area contributed by atoms with Gasteiger partial charge in [0.05, 0.1) is 6.07 Å². The van der Waals surface area contributed by atoms with E-state index in [2.05, 4.69) is 10.6 Å². The quantitative estimate of drug-likeness (QED) is 0.523. The highest BCUT2D eigenvalue weighted by atomic mass is 16.4. The van der Waals surface area contributed by atoms with Gasteiger partial charge in [0.15, 0.2) is 0 Å². The van der Waals surface area contributed by atoms with Crippen molar-refractivity contribution in [1.29, 1.82) is 5.26 Å². The van der Waals surface area contributed by atoms with Crippen LogP contribution in [-0.2, 0) is 14.4 Å². The lowest BCUT2D eigenvalue weighted by molar-refractivity contribution is -0.142. The van der Waals surface area contributed by atoms with Crippen molar-refractivity contribution in [1.82, 2.24) is 10.6 Å². The Morgan fingerprint density at radius 1 is 1.14 bits per heavy atom. The molecule has 0 fully saturated rings. The molecule has 0 aliphatic heterocycles. The van der Waals surface area contributed by atoms with E-state index in [1.165, 1.54) is 6.92 Å². The number of hydrogen-bond donors (Lipinski definition) is 3. The van der Waals surface area contributed by atoms with Crippen molar-refractivity contribution < 1.29 is 19.5 Å². The van der Waals surface area contributed by atoms with E-state index in [4.69, 9.17) is 10.4 Å². The molecule has 0 aliphatic carbocycles. The molecule has 0 radical (unpaired) electrons. The molecule has 0 spiro atoms. The van der Waals surface area contributed by atoms with Crippen LogP contribution in [0.3, 0.4) is 0 Å². The molecule has 7 heteroatoms. The zero-order valence-electron chi connectivity index (χ0n) is 13.4. The maximum atomic E-state index is 12.2. The largest absolute Gasteiger partial charge is 0.480 e. The Morgan fingerprint density at radius 2 is 1.77 bits per heavy atom. The predicted octanol–water partition coefficient (Wildman–Crippen LogP) is 1.19. The van der Waals surface area contributed by atoms with Crippen LogP contribution in [0.5, 0.6) is 0 Å².